The van der Waals surface area contributed by atoms with Crippen LogP contribution < -0.4 is 0 Å². The Hall–Kier alpha value is -0.430. The van der Waals surface area contributed by atoms with Crippen LogP contribution in [0.1, 0.15) is 26.2 Å². The Morgan fingerprint density at radius 1 is 1.32 bits per heavy atom. The first-order valence-corrected chi connectivity index (χ1v) is 8.53. The quantitative estimate of drug-likeness (QED) is 0.893. The van der Waals surface area contributed by atoms with E-state index in [9.17, 15) is 13.5 Å². The Balaban J connectivity index is 2.25. The van der Waals surface area contributed by atoms with E-state index in [1.54, 1.807) is 31.2 Å². The van der Waals surface area contributed by atoms with Crippen molar-refractivity contribution >= 4 is 26.0 Å². The molecule has 0 aliphatic carbocycles. The molecule has 1 aliphatic heterocycles. The summed E-state index contributed by atoms with van der Waals surface area (Å²) in [4.78, 5) is 0.295. The molecule has 2 rings (SSSR count). The standard InChI is InChI=1S/C13H18BrNO3S/c1-13(16)6-3-8-15(9-7-13)19(17,18)12-5-2-4-11(14)10-12/h2,4-5,10,16H,3,6-9H2,1H3. The van der Waals surface area contributed by atoms with Crippen LogP contribution in [-0.4, -0.2) is 36.5 Å². The molecular weight excluding hydrogens is 330 g/mol. The third kappa shape index (κ3) is 3.56. The molecule has 0 spiro atoms. The van der Waals surface area contributed by atoms with Gasteiger partial charge in [0.25, 0.3) is 0 Å². The lowest BCUT2D eigenvalue weighted by molar-refractivity contribution is 0.0465. The lowest BCUT2D eigenvalue weighted by atomic mass is 9.98. The van der Waals surface area contributed by atoms with Gasteiger partial charge in [0.1, 0.15) is 0 Å². The summed E-state index contributed by atoms with van der Waals surface area (Å²) in [6.45, 7) is 2.59. The molecule has 1 heterocycles. The average Bonchev–Trinajstić information content (AvgIpc) is 2.50. The molecule has 0 saturated carbocycles. The zero-order valence-corrected chi connectivity index (χ0v) is 13.2. The Morgan fingerprint density at radius 2 is 2.05 bits per heavy atom. The summed E-state index contributed by atoms with van der Waals surface area (Å²) in [5.74, 6) is 0. The van der Waals surface area contributed by atoms with E-state index >= 15 is 0 Å². The van der Waals surface area contributed by atoms with Gasteiger partial charge in [0, 0.05) is 17.6 Å². The van der Waals surface area contributed by atoms with Crippen LogP contribution in [0, 0.1) is 0 Å². The third-order valence-corrected chi connectivity index (χ3v) is 5.84. The molecule has 1 fully saturated rings. The van der Waals surface area contributed by atoms with E-state index < -0.39 is 15.6 Å². The zero-order valence-electron chi connectivity index (χ0n) is 10.8. The number of halogens is 1. The molecule has 1 unspecified atom stereocenters. The van der Waals surface area contributed by atoms with Gasteiger partial charge in [0.2, 0.25) is 10.0 Å². The maximum absolute atomic E-state index is 12.5. The molecule has 6 heteroatoms. The van der Waals surface area contributed by atoms with E-state index in [1.807, 2.05) is 0 Å². The molecule has 1 aromatic carbocycles. The Labute approximate surface area is 122 Å². The first kappa shape index (κ1) is 15.0. The van der Waals surface area contributed by atoms with Gasteiger partial charge in [-0.25, -0.2) is 8.42 Å². The van der Waals surface area contributed by atoms with Crippen molar-refractivity contribution in [2.24, 2.45) is 0 Å². The number of aliphatic hydroxyl groups is 1. The van der Waals surface area contributed by atoms with Gasteiger partial charge in [-0.05, 0) is 44.4 Å². The summed E-state index contributed by atoms with van der Waals surface area (Å²) in [5, 5.41) is 10.0. The minimum atomic E-state index is -3.47. The second kappa shape index (κ2) is 5.52. The van der Waals surface area contributed by atoms with Gasteiger partial charge in [-0.3, -0.25) is 0 Å². The van der Waals surface area contributed by atoms with Gasteiger partial charge in [-0.15, -0.1) is 0 Å². The van der Waals surface area contributed by atoms with Crippen LogP contribution in [0.4, 0.5) is 0 Å². The fraction of sp³-hybridized carbons (Fsp3) is 0.538. The first-order valence-electron chi connectivity index (χ1n) is 6.29. The topological polar surface area (TPSA) is 57.6 Å². The van der Waals surface area contributed by atoms with Crippen molar-refractivity contribution in [2.45, 2.75) is 36.7 Å². The first-order chi connectivity index (χ1) is 8.81. The highest BCUT2D eigenvalue weighted by atomic mass is 79.9. The summed E-state index contributed by atoms with van der Waals surface area (Å²) in [7, 11) is -3.47. The third-order valence-electron chi connectivity index (χ3n) is 3.46. The van der Waals surface area contributed by atoms with Gasteiger partial charge in [0.15, 0.2) is 0 Å². The summed E-state index contributed by atoms with van der Waals surface area (Å²) < 4.78 is 27.3. The minimum absolute atomic E-state index is 0.295. The minimum Gasteiger partial charge on any atom is -0.390 e. The average molecular weight is 348 g/mol. The highest BCUT2D eigenvalue weighted by Crippen LogP contribution is 2.26. The maximum atomic E-state index is 12.5. The molecule has 1 aromatic rings. The molecule has 19 heavy (non-hydrogen) atoms. The van der Waals surface area contributed by atoms with E-state index in [2.05, 4.69) is 15.9 Å². The van der Waals surface area contributed by atoms with Crippen LogP contribution in [0.3, 0.4) is 0 Å². The van der Waals surface area contributed by atoms with Crippen molar-refractivity contribution in [1.29, 1.82) is 0 Å². The summed E-state index contributed by atoms with van der Waals surface area (Å²) in [6, 6.07) is 6.72. The van der Waals surface area contributed by atoms with Gasteiger partial charge in [-0.2, -0.15) is 4.31 Å². The van der Waals surface area contributed by atoms with E-state index in [1.165, 1.54) is 4.31 Å². The fourth-order valence-electron chi connectivity index (χ4n) is 2.26. The maximum Gasteiger partial charge on any atom is 0.243 e. The number of sulfonamides is 1. The number of hydrogen-bond acceptors (Lipinski definition) is 3. The number of rotatable bonds is 2. The van der Waals surface area contributed by atoms with E-state index in [0.29, 0.717) is 37.2 Å². The van der Waals surface area contributed by atoms with Crippen LogP contribution in [0.5, 0.6) is 0 Å². The van der Waals surface area contributed by atoms with Gasteiger partial charge in [0.05, 0.1) is 10.5 Å². The van der Waals surface area contributed by atoms with Crippen molar-refractivity contribution in [3.8, 4) is 0 Å². The molecule has 0 radical (unpaired) electrons. The Bertz CT molecular complexity index is 557. The highest BCUT2D eigenvalue weighted by Gasteiger charge is 2.31. The molecule has 106 valence electrons. The Morgan fingerprint density at radius 3 is 2.74 bits per heavy atom. The second-order valence-corrected chi connectivity index (χ2v) is 8.07. The SMILES string of the molecule is CC1(O)CCCN(S(=O)(=O)c2cccc(Br)c2)CC1. The lowest BCUT2D eigenvalue weighted by Gasteiger charge is -2.22. The molecule has 1 atom stereocenters. The smallest absolute Gasteiger partial charge is 0.243 e. The fourth-order valence-corrected chi connectivity index (χ4v) is 4.33. The van der Waals surface area contributed by atoms with Crippen LogP contribution >= 0.6 is 15.9 Å². The monoisotopic (exact) mass is 347 g/mol. The van der Waals surface area contributed by atoms with Gasteiger partial charge < -0.3 is 5.11 Å². The van der Waals surface area contributed by atoms with Crippen molar-refractivity contribution in [3.05, 3.63) is 28.7 Å². The van der Waals surface area contributed by atoms with E-state index in [0.717, 1.165) is 4.47 Å². The Kier molecular flexibility index (Phi) is 4.35. The van der Waals surface area contributed by atoms with E-state index in [-0.39, 0.29) is 0 Å². The van der Waals surface area contributed by atoms with Crippen molar-refractivity contribution in [1.82, 2.24) is 4.31 Å². The van der Waals surface area contributed by atoms with Crippen LogP contribution in [0.15, 0.2) is 33.6 Å². The van der Waals surface area contributed by atoms with Crippen molar-refractivity contribution < 1.29 is 13.5 Å². The van der Waals surface area contributed by atoms with Crippen molar-refractivity contribution in [3.63, 3.8) is 0 Å². The number of nitrogens with zero attached hydrogens (tertiary/aromatic N) is 1. The normalized spacial score (nSPS) is 26.1. The van der Waals surface area contributed by atoms with E-state index in [4.69, 9.17) is 0 Å². The van der Waals surface area contributed by atoms with Gasteiger partial charge >= 0.3 is 0 Å². The van der Waals surface area contributed by atoms with Gasteiger partial charge in [-0.1, -0.05) is 22.0 Å². The summed E-state index contributed by atoms with van der Waals surface area (Å²) >= 11 is 3.29. The van der Waals surface area contributed by atoms with Crippen LogP contribution in [0.25, 0.3) is 0 Å². The number of hydrogen-bond donors (Lipinski definition) is 1. The second-order valence-electron chi connectivity index (χ2n) is 5.21. The van der Waals surface area contributed by atoms with Crippen LogP contribution in [0.2, 0.25) is 0 Å². The van der Waals surface area contributed by atoms with Crippen LogP contribution in [-0.2, 0) is 10.0 Å². The molecule has 4 nitrogen and oxygen atoms in total. The molecule has 1 aliphatic rings. The van der Waals surface area contributed by atoms with Crippen molar-refractivity contribution in [2.75, 3.05) is 13.1 Å². The largest absolute Gasteiger partial charge is 0.390 e. The summed E-state index contributed by atoms with van der Waals surface area (Å²) in [5.41, 5.74) is -0.762. The predicted molar refractivity (Wildman–Crippen MR) is 77.4 cm³/mol. The molecular formula is C13H18BrNO3S. The molecule has 1 saturated heterocycles. The zero-order chi connectivity index (χ0) is 14.1. The molecule has 1 N–H and O–H groups in total. The molecule has 0 bridgehead atoms. The molecule has 0 aromatic heterocycles. The lowest BCUT2D eigenvalue weighted by Crippen LogP contribution is -2.33. The highest BCUT2D eigenvalue weighted by molar-refractivity contribution is 9.10. The summed E-state index contributed by atoms with van der Waals surface area (Å²) in [6.07, 6.45) is 1.79. The predicted octanol–water partition coefficient (Wildman–Crippen LogP) is 2.37. The number of benzene rings is 1. The molecule has 0 amide bonds.